The normalized spacial score (nSPS) is 11.6. The summed E-state index contributed by atoms with van der Waals surface area (Å²) in [6, 6.07) is 18.2. The third-order valence-corrected chi connectivity index (χ3v) is 5.99. The van der Waals surface area contributed by atoms with Gasteiger partial charge in [-0.2, -0.15) is 0 Å². The van der Waals surface area contributed by atoms with E-state index in [1.807, 2.05) is 24.3 Å². The zero-order valence-corrected chi connectivity index (χ0v) is 17.8. The lowest BCUT2D eigenvalue weighted by molar-refractivity contribution is 0.0606. The third-order valence-electron chi connectivity index (χ3n) is 5.08. The molecule has 1 aliphatic rings. The molecule has 1 heterocycles. The first kappa shape index (κ1) is 20.7. The van der Waals surface area contributed by atoms with Crippen LogP contribution in [0.1, 0.15) is 38.7 Å². The van der Waals surface area contributed by atoms with Gasteiger partial charge in [-0.25, -0.2) is 9.59 Å². The van der Waals surface area contributed by atoms with Gasteiger partial charge in [0.25, 0.3) is 0 Å². The van der Waals surface area contributed by atoms with Crippen molar-refractivity contribution in [2.75, 3.05) is 20.3 Å². The largest absolute Gasteiger partial charge is 0.465 e. The Hall–Kier alpha value is -3.56. The van der Waals surface area contributed by atoms with Crippen LogP contribution in [0.2, 0.25) is 0 Å². The summed E-state index contributed by atoms with van der Waals surface area (Å²) in [5.41, 5.74) is 5.53. The van der Waals surface area contributed by atoms with Crippen molar-refractivity contribution in [1.82, 2.24) is 5.32 Å². The number of thiophene rings is 1. The van der Waals surface area contributed by atoms with E-state index in [1.165, 1.54) is 40.7 Å². The lowest BCUT2D eigenvalue weighted by Gasteiger charge is -2.14. The van der Waals surface area contributed by atoms with E-state index < -0.39 is 6.09 Å². The van der Waals surface area contributed by atoms with Crippen molar-refractivity contribution < 1.29 is 19.1 Å². The number of methoxy groups -OCH3 is 1. The molecule has 6 heteroatoms. The number of benzene rings is 2. The molecule has 1 aromatic heterocycles. The number of ether oxygens (including phenoxy) is 2. The minimum atomic E-state index is -0.452. The predicted molar refractivity (Wildman–Crippen MR) is 120 cm³/mol. The first-order chi connectivity index (χ1) is 15.2. The molecule has 4 rings (SSSR count). The highest BCUT2D eigenvalue weighted by molar-refractivity contribution is 7.12. The molecule has 5 nitrogen and oxygen atoms in total. The summed E-state index contributed by atoms with van der Waals surface area (Å²) in [6.07, 6.45) is 0.0281. The van der Waals surface area contributed by atoms with Crippen molar-refractivity contribution in [3.05, 3.63) is 81.5 Å². The van der Waals surface area contributed by atoms with Crippen LogP contribution >= 0.6 is 11.3 Å². The average Bonchev–Trinajstić information content (AvgIpc) is 3.40. The number of alkyl carbamates (subject to hydrolysis) is 1. The molecule has 0 bridgehead atoms. The fourth-order valence-electron chi connectivity index (χ4n) is 3.65. The Balaban J connectivity index is 1.26. The van der Waals surface area contributed by atoms with Crippen LogP contribution in [0.4, 0.5) is 4.79 Å². The van der Waals surface area contributed by atoms with Crippen molar-refractivity contribution in [2.24, 2.45) is 0 Å². The van der Waals surface area contributed by atoms with Crippen LogP contribution in [0.3, 0.4) is 0 Å². The maximum Gasteiger partial charge on any atom is 0.407 e. The molecule has 0 atom stereocenters. The molecule has 0 aliphatic heterocycles. The highest BCUT2D eigenvalue weighted by atomic mass is 32.1. The van der Waals surface area contributed by atoms with E-state index in [-0.39, 0.29) is 18.5 Å². The first-order valence-corrected chi connectivity index (χ1v) is 10.8. The van der Waals surface area contributed by atoms with Gasteiger partial charge in [-0.15, -0.1) is 11.3 Å². The highest BCUT2D eigenvalue weighted by Gasteiger charge is 2.28. The fraction of sp³-hybridized carbons (Fsp3) is 0.200. The number of rotatable bonds is 5. The van der Waals surface area contributed by atoms with Crippen LogP contribution in [0.25, 0.3) is 11.1 Å². The molecule has 2 aromatic carbocycles. The Morgan fingerprint density at radius 3 is 2.42 bits per heavy atom. The monoisotopic (exact) mass is 431 g/mol. The SMILES string of the molecule is COC(=O)c1cc(C#CCCNC(=O)OCC2c3ccccc3-c3ccccc32)cs1. The molecule has 156 valence electrons. The molecule has 1 aliphatic carbocycles. The van der Waals surface area contributed by atoms with Crippen LogP contribution in [-0.2, 0) is 9.47 Å². The van der Waals surface area contributed by atoms with Gasteiger partial charge in [0.15, 0.2) is 0 Å². The predicted octanol–water partition coefficient (Wildman–Crippen LogP) is 4.82. The molecule has 0 radical (unpaired) electrons. The Morgan fingerprint density at radius 2 is 1.74 bits per heavy atom. The van der Waals surface area contributed by atoms with E-state index >= 15 is 0 Å². The zero-order valence-electron chi connectivity index (χ0n) is 17.0. The molecule has 0 fully saturated rings. The fourth-order valence-corrected chi connectivity index (χ4v) is 4.41. The summed E-state index contributed by atoms with van der Waals surface area (Å²) in [7, 11) is 1.35. The topological polar surface area (TPSA) is 64.6 Å². The number of nitrogens with one attached hydrogen (secondary N) is 1. The van der Waals surface area contributed by atoms with E-state index in [4.69, 9.17) is 4.74 Å². The van der Waals surface area contributed by atoms with Crippen molar-refractivity contribution in [1.29, 1.82) is 0 Å². The average molecular weight is 432 g/mol. The van der Waals surface area contributed by atoms with E-state index in [0.717, 1.165) is 5.56 Å². The maximum absolute atomic E-state index is 12.1. The molecule has 0 unspecified atom stereocenters. The van der Waals surface area contributed by atoms with Gasteiger partial charge < -0.3 is 14.8 Å². The zero-order chi connectivity index (χ0) is 21.6. The van der Waals surface area contributed by atoms with E-state index in [1.54, 1.807) is 11.4 Å². The lowest BCUT2D eigenvalue weighted by Crippen LogP contribution is -2.26. The smallest absolute Gasteiger partial charge is 0.407 e. The second-order valence-electron chi connectivity index (χ2n) is 7.00. The molecule has 1 N–H and O–H groups in total. The summed E-state index contributed by atoms with van der Waals surface area (Å²) in [6.45, 7) is 0.675. The number of hydrogen-bond donors (Lipinski definition) is 1. The minimum Gasteiger partial charge on any atom is -0.465 e. The van der Waals surface area contributed by atoms with Gasteiger partial charge >= 0.3 is 12.1 Å². The Labute approximate surface area is 185 Å². The van der Waals surface area contributed by atoms with Gasteiger partial charge in [-0.1, -0.05) is 60.4 Å². The lowest BCUT2D eigenvalue weighted by atomic mass is 9.98. The van der Waals surface area contributed by atoms with Crippen LogP contribution in [0.5, 0.6) is 0 Å². The van der Waals surface area contributed by atoms with Crippen LogP contribution < -0.4 is 5.32 Å². The summed E-state index contributed by atoms with van der Waals surface area (Å²) in [5, 5.41) is 4.54. The van der Waals surface area contributed by atoms with Crippen molar-refractivity contribution in [3.8, 4) is 23.0 Å². The Bertz CT molecular complexity index is 1130. The van der Waals surface area contributed by atoms with E-state index in [9.17, 15) is 9.59 Å². The van der Waals surface area contributed by atoms with Crippen LogP contribution in [0, 0.1) is 11.8 Å². The molecule has 31 heavy (non-hydrogen) atoms. The van der Waals surface area contributed by atoms with Crippen molar-refractivity contribution in [2.45, 2.75) is 12.3 Å². The van der Waals surface area contributed by atoms with Gasteiger partial charge in [-0.05, 0) is 28.3 Å². The molecule has 1 amide bonds. The standard InChI is InChI=1S/C25H21NO4S/c1-29-24(27)23-14-17(16-31-23)8-6-7-13-26-25(28)30-15-22-20-11-4-2-9-18(20)19-10-3-5-12-21(19)22/h2-5,9-12,14,16,22H,7,13,15H2,1H3,(H,26,28). The van der Waals surface area contributed by atoms with Gasteiger partial charge in [-0.3, -0.25) is 0 Å². The summed E-state index contributed by atoms with van der Waals surface area (Å²) < 4.78 is 10.2. The maximum atomic E-state index is 12.1. The number of esters is 1. The summed E-state index contributed by atoms with van der Waals surface area (Å²) >= 11 is 1.29. The Morgan fingerprint density at radius 1 is 1.06 bits per heavy atom. The van der Waals surface area contributed by atoms with Crippen LogP contribution in [-0.4, -0.2) is 32.3 Å². The van der Waals surface area contributed by atoms with E-state index in [2.05, 4.69) is 46.2 Å². The highest BCUT2D eigenvalue weighted by Crippen LogP contribution is 2.44. The van der Waals surface area contributed by atoms with Gasteiger partial charge in [0.2, 0.25) is 0 Å². The minimum absolute atomic E-state index is 0.0422. The summed E-state index contributed by atoms with van der Waals surface area (Å²) in [5.74, 6) is 5.64. The Kier molecular flexibility index (Phi) is 6.34. The molecular formula is C25H21NO4S. The molecule has 3 aromatic rings. The number of carbonyl (C=O) groups excluding carboxylic acids is 2. The number of fused-ring (bicyclic) bond motifs is 3. The van der Waals surface area contributed by atoms with Crippen molar-refractivity contribution >= 4 is 23.4 Å². The third kappa shape index (κ3) is 4.62. The van der Waals surface area contributed by atoms with Gasteiger partial charge in [0.1, 0.15) is 11.5 Å². The number of amides is 1. The first-order valence-electron chi connectivity index (χ1n) is 9.92. The molecule has 0 saturated carbocycles. The summed E-state index contributed by atoms with van der Waals surface area (Å²) in [4.78, 5) is 24.1. The number of hydrogen-bond acceptors (Lipinski definition) is 5. The molecule has 0 saturated heterocycles. The van der Waals surface area contributed by atoms with E-state index in [0.29, 0.717) is 17.8 Å². The van der Waals surface area contributed by atoms with Gasteiger partial charge in [0.05, 0.1) is 7.11 Å². The second-order valence-corrected chi connectivity index (χ2v) is 7.91. The van der Waals surface area contributed by atoms with Crippen molar-refractivity contribution in [3.63, 3.8) is 0 Å². The molecular weight excluding hydrogens is 410 g/mol. The van der Waals surface area contributed by atoms with Gasteiger partial charge in [0, 0.05) is 29.8 Å². The molecule has 0 spiro atoms. The van der Waals surface area contributed by atoms with Crippen LogP contribution in [0.15, 0.2) is 60.0 Å². The second kappa shape index (κ2) is 9.50. The number of carbonyl (C=O) groups is 2. The quantitative estimate of drug-likeness (QED) is 0.358.